The Labute approximate surface area is 204 Å². The van der Waals surface area contributed by atoms with Crippen molar-refractivity contribution in [2.75, 3.05) is 13.2 Å². The van der Waals surface area contributed by atoms with E-state index in [1.165, 1.54) is 77.0 Å². The summed E-state index contributed by atoms with van der Waals surface area (Å²) in [6, 6.07) is 0. The number of hydrogen-bond acceptors (Lipinski definition) is 4. The Balaban J connectivity index is 0.000000122. The average molecular weight is 479 g/mol. The van der Waals surface area contributed by atoms with Crippen LogP contribution in [0.4, 0.5) is 0 Å². The molecular weight excluding hydrogens is 432 g/mol. The second kappa shape index (κ2) is 10.9. The van der Waals surface area contributed by atoms with Gasteiger partial charge < -0.3 is 20.4 Å². The molecule has 6 rings (SSSR count). The third kappa shape index (κ3) is 5.04. The largest absolute Gasteiger partial charge is 0.481 e. The van der Waals surface area contributed by atoms with E-state index in [2.05, 4.69) is 0 Å². The molecular formula is C28H46O6. The van der Waals surface area contributed by atoms with Crippen molar-refractivity contribution < 1.29 is 30.0 Å². The summed E-state index contributed by atoms with van der Waals surface area (Å²) in [5, 5.41) is 35.2. The van der Waals surface area contributed by atoms with Gasteiger partial charge in [0.15, 0.2) is 0 Å². The van der Waals surface area contributed by atoms with Gasteiger partial charge in [0.25, 0.3) is 0 Å². The molecule has 0 aromatic rings. The van der Waals surface area contributed by atoms with Crippen molar-refractivity contribution in [3.63, 3.8) is 0 Å². The van der Waals surface area contributed by atoms with Crippen LogP contribution in [0.2, 0.25) is 0 Å². The van der Waals surface area contributed by atoms with Gasteiger partial charge in [0.2, 0.25) is 0 Å². The predicted octanol–water partition coefficient (Wildman–Crippen LogP) is 5.11. The van der Waals surface area contributed by atoms with Crippen LogP contribution in [0.3, 0.4) is 0 Å². The van der Waals surface area contributed by atoms with E-state index in [1.54, 1.807) is 0 Å². The number of hydrogen-bond donors (Lipinski definition) is 4. The smallest absolute Gasteiger partial charge is 0.303 e. The Kier molecular flexibility index (Phi) is 8.28. The molecule has 0 aromatic heterocycles. The van der Waals surface area contributed by atoms with Crippen molar-refractivity contribution in [1.82, 2.24) is 0 Å². The van der Waals surface area contributed by atoms with E-state index >= 15 is 0 Å². The highest BCUT2D eigenvalue weighted by Crippen LogP contribution is 2.66. The summed E-state index contributed by atoms with van der Waals surface area (Å²) in [4.78, 5) is 19.8. The molecule has 0 radical (unpaired) electrons. The molecule has 0 aromatic carbocycles. The Bertz CT molecular complexity index is 664. The van der Waals surface area contributed by atoms with E-state index in [9.17, 15) is 19.8 Å². The molecule has 194 valence electrons. The summed E-state index contributed by atoms with van der Waals surface area (Å²) in [5.41, 5.74) is 0.817. The number of aliphatic hydroxyl groups is 2. The van der Waals surface area contributed by atoms with Crippen LogP contribution in [-0.4, -0.2) is 45.6 Å². The number of rotatable bonds is 7. The number of aliphatic hydroxyl groups excluding tert-OH is 2. The molecule has 0 aliphatic heterocycles. The molecule has 34 heavy (non-hydrogen) atoms. The highest BCUT2D eigenvalue weighted by atomic mass is 16.4. The van der Waals surface area contributed by atoms with Gasteiger partial charge in [0.1, 0.15) is 0 Å². The minimum atomic E-state index is -0.870. The van der Waals surface area contributed by atoms with E-state index < -0.39 is 11.9 Å². The molecule has 8 unspecified atom stereocenters. The lowest BCUT2D eigenvalue weighted by Gasteiger charge is -2.34. The lowest BCUT2D eigenvalue weighted by atomic mass is 9.72. The lowest BCUT2D eigenvalue weighted by Crippen LogP contribution is -2.30. The minimum Gasteiger partial charge on any atom is -0.481 e. The first kappa shape index (κ1) is 25.9. The summed E-state index contributed by atoms with van der Waals surface area (Å²) in [7, 11) is 0. The third-order valence-corrected chi connectivity index (χ3v) is 10.9. The maximum absolute atomic E-state index is 9.90. The quantitative estimate of drug-likeness (QED) is 0.378. The Hall–Kier alpha value is -1.14. The van der Waals surface area contributed by atoms with Crippen LogP contribution in [0, 0.1) is 46.3 Å². The van der Waals surface area contributed by atoms with Gasteiger partial charge in [-0.15, -0.1) is 0 Å². The van der Waals surface area contributed by atoms with E-state index in [-0.39, 0.29) is 12.8 Å². The first-order valence-corrected chi connectivity index (χ1v) is 14.0. The zero-order valence-corrected chi connectivity index (χ0v) is 20.8. The summed E-state index contributed by atoms with van der Waals surface area (Å²) in [5.74, 6) is 4.14. The van der Waals surface area contributed by atoms with Crippen molar-refractivity contribution in [3.8, 4) is 0 Å². The molecule has 4 N–H and O–H groups in total. The highest BCUT2D eigenvalue weighted by molar-refractivity contribution is 5.67. The van der Waals surface area contributed by atoms with Crippen molar-refractivity contribution in [2.24, 2.45) is 46.3 Å². The number of carbonyl (C=O) groups is 2. The van der Waals surface area contributed by atoms with Crippen LogP contribution >= 0.6 is 0 Å². The van der Waals surface area contributed by atoms with Crippen LogP contribution in [0.5, 0.6) is 0 Å². The molecule has 8 atom stereocenters. The Morgan fingerprint density at radius 2 is 1.06 bits per heavy atom. The van der Waals surface area contributed by atoms with Crippen molar-refractivity contribution in [1.29, 1.82) is 0 Å². The second-order valence-corrected chi connectivity index (χ2v) is 12.4. The average Bonchev–Trinajstić information content (AvgIpc) is 3.65. The van der Waals surface area contributed by atoms with Crippen molar-refractivity contribution >= 4 is 11.9 Å². The number of unbranched alkanes of at least 4 members (excludes halogenated alkanes) is 1. The summed E-state index contributed by atoms with van der Waals surface area (Å²) in [6.07, 6.45) is 17.9. The normalized spacial score (nSPS) is 42.4. The molecule has 0 heterocycles. The summed E-state index contributed by atoms with van der Waals surface area (Å²) < 4.78 is 0. The van der Waals surface area contributed by atoms with E-state index in [0.29, 0.717) is 36.9 Å². The van der Waals surface area contributed by atoms with E-state index in [1.807, 2.05) is 0 Å². The maximum Gasteiger partial charge on any atom is 0.303 e. The Morgan fingerprint density at radius 1 is 0.647 bits per heavy atom. The number of carboxylic acids is 2. The molecule has 6 aliphatic carbocycles. The number of fused-ring (bicyclic) bond motifs is 10. The van der Waals surface area contributed by atoms with E-state index in [4.69, 9.17) is 10.2 Å². The van der Waals surface area contributed by atoms with Gasteiger partial charge in [-0.3, -0.25) is 9.59 Å². The van der Waals surface area contributed by atoms with Gasteiger partial charge in [-0.05, 0) is 123 Å². The van der Waals surface area contributed by atoms with Gasteiger partial charge in [0.05, 0.1) is 0 Å². The highest BCUT2D eigenvalue weighted by Gasteiger charge is 2.59. The van der Waals surface area contributed by atoms with Crippen LogP contribution in [0.25, 0.3) is 0 Å². The SMILES string of the molecule is O=C(O)CCCCC(=O)O.OCC12CCC(C1)C1CCCC12.OCC12CCC(C1)C1CCCC12. The fourth-order valence-corrected chi connectivity index (χ4v) is 9.50. The van der Waals surface area contributed by atoms with Crippen molar-refractivity contribution in [3.05, 3.63) is 0 Å². The number of carboxylic acid groups (broad SMARTS) is 2. The zero-order chi connectivity index (χ0) is 24.3. The third-order valence-electron chi connectivity index (χ3n) is 10.9. The summed E-state index contributed by atoms with van der Waals surface area (Å²) in [6.45, 7) is 0.954. The molecule has 0 spiro atoms. The molecule has 6 heteroatoms. The molecule has 6 fully saturated rings. The molecule has 6 saturated carbocycles. The van der Waals surface area contributed by atoms with Crippen LogP contribution in [-0.2, 0) is 9.59 Å². The van der Waals surface area contributed by atoms with Crippen molar-refractivity contribution in [2.45, 2.75) is 103 Å². The van der Waals surface area contributed by atoms with Gasteiger partial charge in [-0.2, -0.15) is 0 Å². The topological polar surface area (TPSA) is 115 Å². The lowest BCUT2D eigenvalue weighted by molar-refractivity contribution is -0.139. The molecule has 4 bridgehead atoms. The fraction of sp³-hybridized carbons (Fsp3) is 0.929. The monoisotopic (exact) mass is 478 g/mol. The first-order valence-electron chi connectivity index (χ1n) is 14.0. The Morgan fingerprint density at radius 3 is 1.41 bits per heavy atom. The second-order valence-electron chi connectivity index (χ2n) is 12.4. The fourth-order valence-electron chi connectivity index (χ4n) is 9.50. The first-order chi connectivity index (χ1) is 16.3. The molecule has 6 nitrogen and oxygen atoms in total. The van der Waals surface area contributed by atoms with Gasteiger partial charge in [-0.25, -0.2) is 0 Å². The minimum absolute atomic E-state index is 0.0628. The van der Waals surface area contributed by atoms with Crippen LogP contribution in [0.15, 0.2) is 0 Å². The van der Waals surface area contributed by atoms with Gasteiger partial charge in [-0.1, -0.05) is 12.8 Å². The van der Waals surface area contributed by atoms with Gasteiger partial charge >= 0.3 is 11.9 Å². The molecule has 6 aliphatic rings. The van der Waals surface area contributed by atoms with Gasteiger partial charge in [0, 0.05) is 26.1 Å². The standard InChI is InChI=1S/2C11H18O.C6H10O4/c2*12-7-11-5-4-8(6-11)9-2-1-3-10(9)11;7-5(8)3-1-2-4-6(9)10/h2*8-10,12H,1-7H2;1-4H2,(H,7,8)(H,9,10). The van der Waals surface area contributed by atoms with Crippen LogP contribution < -0.4 is 0 Å². The van der Waals surface area contributed by atoms with E-state index in [0.717, 1.165) is 35.5 Å². The predicted molar refractivity (Wildman–Crippen MR) is 129 cm³/mol. The number of aliphatic carboxylic acids is 2. The maximum atomic E-state index is 9.90. The zero-order valence-electron chi connectivity index (χ0n) is 20.8. The molecule has 0 amide bonds. The summed E-state index contributed by atoms with van der Waals surface area (Å²) >= 11 is 0. The molecule has 0 saturated heterocycles. The van der Waals surface area contributed by atoms with Crippen LogP contribution in [0.1, 0.15) is 103 Å².